The molecule has 0 saturated carbocycles. The summed E-state index contributed by atoms with van der Waals surface area (Å²) in [6.07, 6.45) is 2.09. The van der Waals surface area contributed by atoms with Gasteiger partial charge in [0.05, 0.1) is 17.2 Å². The Morgan fingerprint density at radius 2 is 2.21 bits per heavy atom. The highest BCUT2D eigenvalue weighted by Gasteiger charge is 2.35. The molecule has 0 spiro atoms. The minimum atomic E-state index is -0.0146. The van der Waals surface area contributed by atoms with E-state index < -0.39 is 0 Å². The SMILES string of the molecule is C=C1C=C(C)c2cc3ccc(=O)n(CC)c3c3c2N1[C@@H](CN)CO3. The van der Waals surface area contributed by atoms with Crippen molar-refractivity contribution in [3.8, 4) is 5.75 Å². The molecular weight excluding hydrogens is 302 g/mol. The average Bonchev–Trinajstić information content (AvgIpc) is 2.58. The summed E-state index contributed by atoms with van der Waals surface area (Å²) in [6, 6.07) is 5.68. The second kappa shape index (κ2) is 5.24. The van der Waals surface area contributed by atoms with Crippen molar-refractivity contribution in [2.75, 3.05) is 18.1 Å². The summed E-state index contributed by atoms with van der Waals surface area (Å²) in [4.78, 5) is 14.5. The molecule has 1 atom stereocenters. The van der Waals surface area contributed by atoms with Gasteiger partial charge >= 0.3 is 0 Å². The monoisotopic (exact) mass is 323 g/mol. The molecule has 4 rings (SSSR count). The highest BCUT2D eigenvalue weighted by atomic mass is 16.5. The molecule has 2 N–H and O–H groups in total. The van der Waals surface area contributed by atoms with E-state index in [1.54, 1.807) is 10.6 Å². The van der Waals surface area contributed by atoms with Crippen molar-refractivity contribution >= 4 is 22.2 Å². The quantitative estimate of drug-likeness (QED) is 0.922. The van der Waals surface area contributed by atoms with Gasteiger partial charge in [0.2, 0.25) is 0 Å². The molecule has 0 radical (unpaired) electrons. The fourth-order valence-electron chi connectivity index (χ4n) is 3.80. The van der Waals surface area contributed by atoms with E-state index in [9.17, 15) is 4.79 Å². The molecule has 0 saturated heterocycles. The van der Waals surface area contributed by atoms with Gasteiger partial charge in [0.25, 0.3) is 5.56 Å². The number of allylic oxidation sites excluding steroid dienone is 2. The number of nitrogens with two attached hydrogens (primary N) is 1. The molecule has 1 aromatic heterocycles. The number of aromatic nitrogens is 1. The molecule has 0 aliphatic carbocycles. The Morgan fingerprint density at radius 1 is 1.42 bits per heavy atom. The molecule has 2 aromatic rings. The van der Waals surface area contributed by atoms with E-state index in [4.69, 9.17) is 10.5 Å². The van der Waals surface area contributed by atoms with Crippen molar-refractivity contribution in [2.45, 2.75) is 26.4 Å². The molecule has 3 heterocycles. The topological polar surface area (TPSA) is 60.5 Å². The molecule has 2 aliphatic rings. The van der Waals surface area contributed by atoms with Gasteiger partial charge in [0.1, 0.15) is 6.61 Å². The second-order valence-electron chi connectivity index (χ2n) is 6.34. The molecule has 5 heteroatoms. The minimum Gasteiger partial charge on any atom is -0.487 e. The van der Waals surface area contributed by atoms with Crippen LogP contribution in [0.2, 0.25) is 0 Å². The van der Waals surface area contributed by atoms with E-state index in [0.717, 1.165) is 39.2 Å². The number of aryl methyl sites for hydroxylation is 1. The summed E-state index contributed by atoms with van der Waals surface area (Å²) in [5, 5.41) is 1.01. The average molecular weight is 323 g/mol. The normalized spacial score (nSPS) is 19.1. The van der Waals surface area contributed by atoms with Gasteiger partial charge in [0, 0.05) is 35.8 Å². The van der Waals surface area contributed by atoms with E-state index in [-0.39, 0.29) is 11.6 Å². The third-order valence-electron chi connectivity index (χ3n) is 4.93. The van der Waals surface area contributed by atoms with E-state index >= 15 is 0 Å². The maximum absolute atomic E-state index is 12.3. The molecule has 5 nitrogen and oxygen atoms in total. The molecular formula is C19H21N3O2. The lowest BCUT2D eigenvalue weighted by Crippen LogP contribution is -2.48. The molecule has 0 unspecified atom stereocenters. The Labute approximate surface area is 140 Å². The number of fused-ring (bicyclic) bond motifs is 2. The van der Waals surface area contributed by atoms with Gasteiger partial charge in [-0.3, -0.25) is 4.79 Å². The zero-order valence-electron chi connectivity index (χ0n) is 14.0. The number of benzene rings is 1. The highest BCUT2D eigenvalue weighted by molar-refractivity contribution is 6.00. The van der Waals surface area contributed by atoms with Gasteiger partial charge in [-0.1, -0.05) is 6.58 Å². The lowest BCUT2D eigenvalue weighted by Gasteiger charge is -2.42. The lowest BCUT2D eigenvalue weighted by molar-refractivity contribution is 0.272. The number of ether oxygens (including phenoxy) is 1. The zero-order valence-corrected chi connectivity index (χ0v) is 14.0. The van der Waals surface area contributed by atoms with Gasteiger partial charge in [-0.05, 0) is 37.6 Å². The number of hydrogen-bond donors (Lipinski definition) is 1. The Morgan fingerprint density at radius 3 is 2.92 bits per heavy atom. The van der Waals surface area contributed by atoms with Gasteiger partial charge in [-0.15, -0.1) is 0 Å². The Bertz CT molecular complexity index is 955. The second-order valence-corrected chi connectivity index (χ2v) is 6.34. The fraction of sp³-hybridized carbons (Fsp3) is 0.316. The molecule has 0 bridgehead atoms. The summed E-state index contributed by atoms with van der Waals surface area (Å²) in [5.74, 6) is 0.764. The lowest BCUT2D eigenvalue weighted by atomic mass is 9.93. The fourth-order valence-corrected chi connectivity index (χ4v) is 3.80. The van der Waals surface area contributed by atoms with Crippen LogP contribution < -0.4 is 20.9 Å². The first kappa shape index (κ1) is 15.0. The first-order valence-electron chi connectivity index (χ1n) is 8.27. The predicted octanol–water partition coefficient (Wildman–Crippen LogP) is 2.48. The molecule has 2 aliphatic heterocycles. The number of rotatable bonds is 2. The van der Waals surface area contributed by atoms with Crippen LogP contribution >= 0.6 is 0 Å². The van der Waals surface area contributed by atoms with E-state index in [1.165, 1.54) is 0 Å². The van der Waals surface area contributed by atoms with Crippen LogP contribution in [0.15, 0.2) is 41.3 Å². The van der Waals surface area contributed by atoms with Crippen molar-refractivity contribution in [1.82, 2.24) is 4.57 Å². The summed E-state index contributed by atoms with van der Waals surface area (Å²) in [5.41, 5.74) is 11.0. The van der Waals surface area contributed by atoms with Crippen LogP contribution in [0.3, 0.4) is 0 Å². The number of hydrogen-bond acceptors (Lipinski definition) is 4. The highest BCUT2D eigenvalue weighted by Crippen LogP contribution is 2.48. The van der Waals surface area contributed by atoms with Crippen molar-refractivity contribution in [3.05, 3.63) is 52.5 Å². The first-order valence-corrected chi connectivity index (χ1v) is 8.27. The summed E-state index contributed by atoms with van der Waals surface area (Å²) < 4.78 is 7.90. The summed E-state index contributed by atoms with van der Waals surface area (Å²) in [7, 11) is 0. The molecule has 1 aromatic carbocycles. The maximum atomic E-state index is 12.3. The van der Waals surface area contributed by atoms with Gasteiger partial charge in [-0.2, -0.15) is 0 Å². The van der Waals surface area contributed by atoms with Crippen LogP contribution in [-0.4, -0.2) is 23.8 Å². The Hall–Kier alpha value is -2.53. The van der Waals surface area contributed by atoms with Crippen LogP contribution in [0.25, 0.3) is 16.5 Å². The van der Waals surface area contributed by atoms with Crippen LogP contribution in [-0.2, 0) is 6.54 Å². The van der Waals surface area contributed by atoms with Crippen LogP contribution in [0.5, 0.6) is 5.75 Å². The van der Waals surface area contributed by atoms with Gasteiger partial charge in [-0.25, -0.2) is 0 Å². The van der Waals surface area contributed by atoms with Crippen molar-refractivity contribution in [3.63, 3.8) is 0 Å². The predicted molar refractivity (Wildman–Crippen MR) is 97.5 cm³/mol. The van der Waals surface area contributed by atoms with Crippen LogP contribution in [0.1, 0.15) is 19.4 Å². The number of pyridine rings is 1. The van der Waals surface area contributed by atoms with Gasteiger partial charge in [0.15, 0.2) is 5.75 Å². The van der Waals surface area contributed by atoms with Crippen molar-refractivity contribution in [2.24, 2.45) is 5.73 Å². The van der Waals surface area contributed by atoms with Crippen molar-refractivity contribution < 1.29 is 4.74 Å². The Kier molecular flexibility index (Phi) is 3.28. The molecule has 0 amide bonds. The molecule has 24 heavy (non-hydrogen) atoms. The van der Waals surface area contributed by atoms with Crippen LogP contribution in [0, 0.1) is 0 Å². The smallest absolute Gasteiger partial charge is 0.251 e. The molecule has 0 fully saturated rings. The largest absolute Gasteiger partial charge is 0.487 e. The zero-order chi connectivity index (χ0) is 17.0. The minimum absolute atomic E-state index is 0.0146. The van der Waals surface area contributed by atoms with Crippen LogP contribution in [0.4, 0.5) is 5.69 Å². The summed E-state index contributed by atoms with van der Waals surface area (Å²) >= 11 is 0. The third kappa shape index (κ3) is 1.88. The first-order chi connectivity index (χ1) is 11.6. The number of anilines is 1. The standard InChI is InChI=1S/C19H21N3O2/c1-4-21-16(23)6-5-13-8-15-11(2)7-12(3)22-14(9-20)10-24-19(17(13)21)18(15)22/h5-8,14H,3-4,9-10,20H2,1-2H3/t14-/m0/s1. The Balaban J connectivity index is 2.15. The van der Waals surface area contributed by atoms with E-state index in [0.29, 0.717) is 19.7 Å². The van der Waals surface area contributed by atoms with E-state index in [2.05, 4.69) is 30.5 Å². The maximum Gasteiger partial charge on any atom is 0.251 e. The summed E-state index contributed by atoms with van der Waals surface area (Å²) in [6.45, 7) is 9.82. The molecule has 124 valence electrons. The van der Waals surface area contributed by atoms with Gasteiger partial charge < -0.3 is 19.9 Å². The third-order valence-corrected chi connectivity index (χ3v) is 4.93. The van der Waals surface area contributed by atoms with E-state index in [1.807, 2.05) is 13.0 Å². The number of nitrogens with zero attached hydrogens (tertiary/aromatic N) is 2. The van der Waals surface area contributed by atoms with Crippen molar-refractivity contribution in [1.29, 1.82) is 0 Å².